The number of hydrogen-bond donors (Lipinski definition) is 0. The van der Waals surface area contributed by atoms with Gasteiger partial charge in [0.25, 0.3) is 0 Å². The van der Waals surface area contributed by atoms with Crippen LogP contribution in [0.5, 0.6) is 0 Å². The molecule has 0 N–H and O–H groups in total. The molecule has 8 aromatic rings. The SMILES string of the molecule is c1ccc(P(c2ccccc2)c2ccc3nc4c5ccc6ccccc6c5c5ccccc5n4c3c2)cc1. The van der Waals surface area contributed by atoms with Gasteiger partial charge in [0.1, 0.15) is 5.65 Å². The highest BCUT2D eigenvalue weighted by atomic mass is 31.1. The molecule has 0 aliphatic carbocycles. The summed E-state index contributed by atoms with van der Waals surface area (Å²) in [7, 11) is -0.698. The number of nitrogens with zero attached hydrogens (tertiary/aromatic N) is 2. The van der Waals surface area contributed by atoms with Crippen molar-refractivity contribution in [2.24, 2.45) is 0 Å². The van der Waals surface area contributed by atoms with Gasteiger partial charge >= 0.3 is 0 Å². The lowest BCUT2D eigenvalue weighted by Gasteiger charge is -2.19. The molecule has 6 aromatic carbocycles. The predicted octanol–water partition coefficient (Wildman–Crippen LogP) is 7.71. The summed E-state index contributed by atoms with van der Waals surface area (Å²) in [6.45, 7) is 0. The zero-order chi connectivity index (χ0) is 25.1. The third-order valence-electron chi connectivity index (χ3n) is 7.51. The maximum atomic E-state index is 5.22. The first-order chi connectivity index (χ1) is 18.9. The Morgan fingerprint density at radius 1 is 0.474 bits per heavy atom. The van der Waals surface area contributed by atoms with E-state index in [0.29, 0.717) is 0 Å². The Morgan fingerprint density at radius 2 is 1.13 bits per heavy atom. The third-order valence-corrected chi connectivity index (χ3v) is 9.93. The van der Waals surface area contributed by atoms with Gasteiger partial charge in [0.15, 0.2) is 0 Å². The number of aromatic nitrogens is 2. The molecule has 0 aliphatic rings. The fourth-order valence-corrected chi connectivity index (χ4v) is 8.17. The van der Waals surface area contributed by atoms with Crippen LogP contribution in [0.4, 0.5) is 0 Å². The summed E-state index contributed by atoms with van der Waals surface area (Å²) in [5.74, 6) is 0. The molecule has 178 valence electrons. The van der Waals surface area contributed by atoms with E-state index >= 15 is 0 Å². The highest BCUT2D eigenvalue weighted by Crippen LogP contribution is 2.38. The summed E-state index contributed by atoms with van der Waals surface area (Å²) in [6.07, 6.45) is 0. The molecule has 0 saturated carbocycles. The van der Waals surface area contributed by atoms with E-state index in [0.717, 1.165) is 16.7 Å². The molecule has 0 radical (unpaired) electrons. The number of imidazole rings is 1. The molecule has 0 bridgehead atoms. The Labute approximate surface area is 221 Å². The lowest BCUT2D eigenvalue weighted by atomic mass is 9.99. The minimum atomic E-state index is -0.698. The average molecular weight is 503 g/mol. The lowest BCUT2D eigenvalue weighted by molar-refractivity contribution is 1.32. The number of para-hydroxylation sites is 1. The Bertz CT molecular complexity index is 2090. The van der Waals surface area contributed by atoms with Gasteiger partial charge < -0.3 is 0 Å². The first kappa shape index (κ1) is 21.6. The molecule has 0 unspecified atom stereocenters. The van der Waals surface area contributed by atoms with Gasteiger partial charge in [-0.25, -0.2) is 4.98 Å². The van der Waals surface area contributed by atoms with Crippen LogP contribution in [0.15, 0.2) is 140 Å². The van der Waals surface area contributed by atoms with Crippen LogP contribution < -0.4 is 15.9 Å². The van der Waals surface area contributed by atoms with Crippen molar-refractivity contribution in [2.45, 2.75) is 0 Å². The number of benzene rings is 6. The normalized spacial score (nSPS) is 11.9. The van der Waals surface area contributed by atoms with Gasteiger partial charge in [-0.3, -0.25) is 4.40 Å². The summed E-state index contributed by atoms with van der Waals surface area (Å²) >= 11 is 0. The summed E-state index contributed by atoms with van der Waals surface area (Å²) in [6, 6.07) is 50.5. The van der Waals surface area contributed by atoms with E-state index in [1.54, 1.807) is 0 Å². The maximum Gasteiger partial charge on any atom is 0.146 e. The van der Waals surface area contributed by atoms with Crippen LogP contribution in [-0.2, 0) is 0 Å². The van der Waals surface area contributed by atoms with E-state index in [-0.39, 0.29) is 0 Å². The van der Waals surface area contributed by atoms with Crippen LogP contribution in [0.1, 0.15) is 0 Å². The molecule has 3 heteroatoms. The van der Waals surface area contributed by atoms with Crippen molar-refractivity contribution in [1.82, 2.24) is 9.38 Å². The second-order valence-electron chi connectivity index (χ2n) is 9.68. The van der Waals surface area contributed by atoms with Crippen LogP contribution in [0.2, 0.25) is 0 Å². The van der Waals surface area contributed by atoms with Crippen LogP contribution in [0.3, 0.4) is 0 Å². The monoisotopic (exact) mass is 502 g/mol. The number of pyridine rings is 1. The van der Waals surface area contributed by atoms with Crippen LogP contribution in [0.25, 0.3) is 49.1 Å². The Balaban J connectivity index is 1.48. The molecular weight excluding hydrogens is 479 g/mol. The summed E-state index contributed by atoms with van der Waals surface area (Å²) < 4.78 is 2.37. The lowest BCUT2D eigenvalue weighted by Crippen LogP contribution is -2.20. The van der Waals surface area contributed by atoms with Gasteiger partial charge in [-0.15, -0.1) is 0 Å². The molecule has 2 aromatic heterocycles. The Morgan fingerprint density at radius 3 is 1.89 bits per heavy atom. The van der Waals surface area contributed by atoms with Crippen molar-refractivity contribution in [1.29, 1.82) is 0 Å². The van der Waals surface area contributed by atoms with Gasteiger partial charge in [-0.05, 0) is 58.9 Å². The van der Waals surface area contributed by atoms with Gasteiger partial charge in [-0.2, -0.15) is 0 Å². The molecule has 2 heterocycles. The van der Waals surface area contributed by atoms with Crippen molar-refractivity contribution in [3.8, 4) is 0 Å². The third kappa shape index (κ3) is 3.21. The van der Waals surface area contributed by atoms with Crippen molar-refractivity contribution in [3.63, 3.8) is 0 Å². The molecule has 38 heavy (non-hydrogen) atoms. The van der Waals surface area contributed by atoms with E-state index in [4.69, 9.17) is 4.98 Å². The second-order valence-corrected chi connectivity index (χ2v) is 11.9. The molecule has 0 amide bonds. The molecular formula is C35H23N2P. The minimum Gasteiger partial charge on any atom is -0.292 e. The average Bonchev–Trinajstić information content (AvgIpc) is 3.38. The van der Waals surface area contributed by atoms with Crippen molar-refractivity contribution in [3.05, 3.63) is 140 Å². The fraction of sp³-hybridized carbons (Fsp3) is 0. The van der Waals surface area contributed by atoms with Gasteiger partial charge in [0.05, 0.1) is 16.6 Å². The summed E-state index contributed by atoms with van der Waals surface area (Å²) in [4.78, 5) is 5.22. The van der Waals surface area contributed by atoms with E-state index in [9.17, 15) is 0 Å². The fourth-order valence-electron chi connectivity index (χ4n) is 5.86. The van der Waals surface area contributed by atoms with Crippen LogP contribution >= 0.6 is 7.92 Å². The Hall–Kier alpha value is -4.52. The summed E-state index contributed by atoms with van der Waals surface area (Å²) in [5.41, 5.74) is 4.38. The largest absolute Gasteiger partial charge is 0.292 e. The van der Waals surface area contributed by atoms with Gasteiger partial charge in [-0.1, -0.05) is 115 Å². The quantitative estimate of drug-likeness (QED) is 0.179. The highest BCUT2D eigenvalue weighted by Gasteiger charge is 2.20. The van der Waals surface area contributed by atoms with Crippen LogP contribution in [-0.4, -0.2) is 9.38 Å². The predicted molar refractivity (Wildman–Crippen MR) is 164 cm³/mol. The van der Waals surface area contributed by atoms with E-state index in [1.807, 2.05) is 0 Å². The molecule has 8 rings (SSSR count). The first-order valence-electron chi connectivity index (χ1n) is 12.9. The van der Waals surface area contributed by atoms with Crippen LogP contribution in [0, 0.1) is 0 Å². The van der Waals surface area contributed by atoms with Crippen molar-refractivity contribution in [2.75, 3.05) is 0 Å². The van der Waals surface area contributed by atoms with E-state index in [2.05, 4.69) is 144 Å². The molecule has 0 spiro atoms. The number of fused-ring (bicyclic) bond motifs is 10. The number of hydrogen-bond acceptors (Lipinski definition) is 1. The van der Waals surface area contributed by atoms with E-state index < -0.39 is 7.92 Å². The molecule has 0 aliphatic heterocycles. The summed E-state index contributed by atoms with van der Waals surface area (Å²) in [5, 5.41) is 10.3. The minimum absolute atomic E-state index is 0.698. The highest BCUT2D eigenvalue weighted by molar-refractivity contribution is 7.79. The molecule has 0 fully saturated rings. The standard InChI is InChI=1S/C35H23N2P/c1-3-12-25(13-4-1)38(26-14-5-2-6-15-26)27-20-22-31-33(23-27)37-32-18-10-9-17-29(32)34-28-16-8-7-11-24(28)19-21-30(34)35(37)36-31/h1-23H. The zero-order valence-electron chi connectivity index (χ0n) is 20.6. The molecule has 0 saturated heterocycles. The maximum absolute atomic E-state index is 5.22. The first-order valence-corrected chi connectivity index (χ1v) is 14.3. The second kappa shape index (κ2) is 8.52. The Kier molecular flexibility index (Phi) is 4.83. The molecule has 2 nitrogen and oxygen atoms in total. The topological polar surface area (TPSA) is 17.3 Å². The smallest absolute Gasteiger partial charge is 0.146 e. The van der Waals surface area contributed by atoms with Crippen molar-refractivity contribution < 1.29 is 0 Å². The van der Waals surface area contributed by atoms with Crippen molar-refractivity contribution >= 4 is 73.0 Å². The number of rotatable bonds is 3. The van der Waals surface area contributed by atoms with Gasteiger partial charge in [0.2, 0.25) is 0 Å². The zero-order valence-corrected chi connectivity index (χ0v) is 21.5. The van der Waals surface area contributed by atoms with E-state index in [1.165, 1.54) is 48.4 Å². The van der Waals surface area contributed by atoms with Gasteiger partial charge in [0, 0.05) is 16.2 Å². The molecule has 0 atom stereocenters.